The topological polar surface area (TPSA) is 109 Å². The number of urea groups is 1. The zero-order valence-corrected chi connectivity index (χ0v) is 22.6. The number of hydrogen-bond acceptors (Lipinski definition) is 7. The van der Waals surface area contributed by atoms with Gasteiger partial charge in [0.25, 0.3) is 0 Å². The van der Waals surface area contributed by atoms with Crippen LogP contribution >= 0.6 is 11.3 Å². The molecule has 1 unspecified atom stereocenters. The molecular formula is C28H33N5O4S. The molecule has 0 spiro atoms. The molecule has 2 heterocycles. The van der Waals surface area contributed by atoms with Gasteiger partial charge in [-0.2, -0.15) is 9.48 Å². The Hall–Kier alpha value is -3.60. The van der Waals surface area contributed by atoms with Crippen LogP contribution in [-0.4, -0.2) is 70.6 Å². The van der Waals surface area contributed by atoms with E-state index in [0.717, 1.165) is 26.7 Å². The number of fused-ring (bicyclic) bond motifs is 1. The van der Waals surface area contributed by atoms with Gasteiger partial charge in [0.1, 0.15) is 11.8 Å². The van der Waals surface area contributed by atoms with Crippen molar-refractivity contribution < 1.29 is 19.8 Å². The second-order valence-corrected chi connectivity index (χ2v) is 11.0. The van der Waals surface area contributed by atoms with Gasteiger partial charge in [0.2, 0.25) is 6.34 Å². The second kappa shape index (κ2) is 11.8. The number of aliphatic hydroxyl groups excluding tert-OH is 1. The lowest BCUT2D eigenvalue weighted by Gasteiger charge is -2.39. The first-order valence-corrected chi connectivity index (χ1v) is 13.4. The maximum absolute atomic E-state index is 14.0. The number of rotatable bonds is 10. The van der Waals surface area contributed by atoms with Crippen molar-refractivity contribution in [3.05, 3.63) is 76.7 Å². The van der Waals surface area contributed by atoms with Gasteiger partial charge in [-0.05, 0) is 24.0 Å². The Morgan fingerprint density at radius 3 is 2.45 bits per heavy atom. The molecule has 0 saturated carbocycles. The molecule has 4 rings (SSSR count). The summed E-state index contributed by atoms with van der Waals surface area (Å²) in [6, 6.07) is 15.8. The number of carboxylic acid groups (broad SMARTS) is 1. The van der Waals surface area contributed by atoms with Gasteiger partial charge in [0, 0.05) is 23.7 Å². The fourth-order valence-corrected chi connectivity index (χ4v) is 5.38. The Labute approximate surface area is 226 Å². The smallest absolute Gasteiger partial charge is 0.430 e. The molecule has 2 aromatic carbocycles. The minimum absolute atomic E-state index is 0.0352. The monoisotopic (exact) mass is 535 g/mol. The molecule has 0 bridgehead atoms. The lowest BCUT2D eigenvalue weighted by Crippen LogP contribution is -2.60. The van der Waals surface area contributed by atoms with Gasteiger partial charge in [-0.1, -0.05) is 56.3 Å². The van der Waals surface area contributed by atoms with Crippen LogP contribution in [0.25, 0.3) is 0 Å². The molecule has 9 nitrogen and oxygen atoms in total. The molecule has 38 heavy (non-hydrogen) atoms. The largest absolute Gasteiger partial charge is 0.530 e. The van der Waals surface area contributed by atoms with E-state index in [0.29, 0.717) is 6.54 Å². The third kappa shape index (κ3) is 6.09. The maximum Gasteiger partial charge on any atom is 0.430 e. The standard InChI is InChI=1S/C28H33N5O4S/c1-20(2)15-31(27(35)33(3)18-30-23-11-7-8-12-25(23)33)17-26(34)24(13-21-9-5-4-6-10-21)32(28(36)37)16-22-14-29-19-38-22/h4-12,14,18-20,24,26,34H,13,15-17H2,1-3H3/t24-,26-,33?/m0/s1. The summed E-state index contributed by atoms with van der Waals surface area (Å²) in [5, 5.41) is 23.9. The maximum atomic E-state index is 14.0. The van der Waals surface area contributed by atoms with E-state index < -0.39 is 18.2 Å². The van der Waals surface area contributed by atoms with Crippen molar-refractivity contribution in [1.29, 1.82) is 0 Å². The normalized spacial score (nSPS) is 17.7. The van der Waals surface area contributed by atoms with E-state index in [2.05, 4.69) is 9.98 Å². The quantitative estimate of drug-likeness (QED) is 0.399. The van der Waals surface area contributed by atoms with E-state index in [1.807, 2.05) is 68.4 Å². The number of carbonyl (C=O) groups is 2. The van der Waals surface area contributed by atoms with E-state index in [9.17, 15) is 19.8 Å². The summed E-state index contributed by atoms with van der Waals surface area (Å²) >= 11 is 1.33. The molecular weight excluding hydrogens is 502 g/mol. The van der Waals surface area contributed by atoms with Crippen LogP contribution in [0.4, 0.5) is 21.0 Å². The summed E-state index contributed by atoms with van der Waals surface area (Å²) in [5.74, 6) is 0.120. The van der Waals surface area contributed by atoms with Gasteiger partial charge < -0.3 is 19.9 Å². The lowest BCUT2D eigenvalue weighted by atomic mass is 9.99. The zero-order valence-electron chi connectivity index (χ0n) is 21.8. The number of benzene rings is 2. The predicted molar refractivity (Wildman–Crippen MR) is 147 cm³/mol. The number of aliphatic imine (C=N–C) groups is 1. The fraction of sp³-hybridized carbons (Fsp3) is 0.357. The van der Waals surface area contributed by atoms with Crippen molar-refractivity contribution in [3.8, 4) is 0 Å². The first-order chi connectivity index (χ1) is 18.2. The SMILES string of the molecule is CC(C)CN(C[C@H](O)[C@H](Cc1ccccc1)N(Cc1cncs1)C(=O)[O-])C(=O)[N+]1(C)C=Nc2ccccc21. The van der Waals surface area contributed by atoms with Crippen molar-refractivity contribution in [2.24, 2.45) is 10.9 Å². The van der Waals surface area contributed by atoms with E-state index in [1.165, 1.54) is 11.3 Å². The van der Waals surface area contributed by atoms with E-state index in [1.54, 1.807) is 30.0 Å². The Morgan fingerprint density at radius 2 is 1.79 bits per heavy atom. The van der Waals surface area contributed by atoms with Crippen LogP contribution in [0.3, 0.4) is 0 Å². The minimum atomic E-state index is -1.39. The molecule has 3 amide bonds. The molecule has 1 aliphatic rings. The summed E-state index contributed by atoms with van der Waals surface area (Å²) < 4.78 is -0.163. The van der Waals surface area contributed by atoms with E-state index in [-0.39, 0.29) is 35.9 Å². The third-order valence-electron chi connectivity index (χ3n) is 6.65. The number of quaternary nitrogens is 1. The van der Waals surface area contributed by atoms with Crippen LogP contribution in [0, 0.1) is 5.92 Å². The van der Waals surface area contributed by atoms with Crippen LogP contribution in [0.1, 0.15) is 24.3 Å². The Bertz CT molecular complexity index is 1270. The molecule has 1 aromatic heterocycles. The second-order valence-electron chi connectivity index (χ2n) is 10.1. The Kier molecular flexibility index (Phi) is 8.55. The Balaban J connectivity index is 1.64. The summed E-state index contributed by atoms with van der Waals surface area (Å²) in [4.78, 5) is 38.3. The van der Waals surface area contributed by atoms with Crippen LogP contribution in [0.5, 0.6) is 0 Å². The first kappa shape index (κ1) is 27.4. The number of para-hydroxylation sites is 2. The molecule has 0 aliphatic carbocycles. The molecule has 10 heteroatoms. The predicted octanol–water partition coefficient (Wildman–Crippen LogP) is 3.65. The summed E-state index contributed by atoms with van der Waals surface area (Å²) in [6.07, 6.45) is 0.904. The van der Waals surface area contributed by atoms with Crippen molar-refractivity contribution in [2.45, 2.75) is 39.0 Å². The van der Waals surface area contributed by atoms with Crippen LogP contribution in [0.2, 0.25) is 0 Å². The van der Waals surface area contributed by atoms with E-state index in [4.69, 9.17) is 0 Å². The highest BCUT2D eigenvalue weighted by atomic mass is 32.1. The third-order valence-corrected chi connectivity index (χ3v) is 7.41. The molecule has 1 aliphatic heterocycles. The van der Waals surface area contributed by atoms with Gasteiger partial charge in [-0.25, -0.2) is 4.79 Å². The summed E-state index contributed by atoms with van der Waals surface area (Å²) in [6.45, 7) is 4.37. The van der Waals surface area contributed by atoms with Crippen LogP contribution < -0.4 is 9.59 Å². The summed E-state index contributed by atoms with van der Waals surface area (Å²) in [5.41, 5.74) is 3.98. The van der Waals surface area contributed by atoms with Crippen LogP contribution in [-0.2, 0) is 13.0 Å². The zero-order chi connectivity index (χ0) is 27.3. The number of thiazole rings is 1. The minimum Gasteiger partial charge on any atom is -0.530 e. The average Bonchev–Trinajstić information content (AvgIpc) is 3.54. The first-order valence-electron chi connectivity index (χ1n) is 12.6. The molecule has 1 N–H and O–H groups in total. The van der Waals surface area contributed by atoms with Gasteiger partial charge in [0.05, 0.1) is 37.8 Å². The van der Waals surface area contributed by atoms with Gasteiger partial charge >= 0.3 is 6.03 Å². The number of amides is 3. The van der Waals surface area contributed by atoms with Crippen molar-refractivity contribution in [1.82, 2.24) is 19.3 Å². The highest BCUT2D eigenvalue weighted by Gasteiger charge is 2.44. The van der Waals surface area contributed by atoms with Crippen LogP contribution in [0.15, 0.2) is 71.3 Å². The molecule has 0 radical (unpaired) electrons. The van der Waals surface area contributed by atoms with Gasteiger partial charge in [-0.3, -0.25) is 9.88 Å². The molecule has 3 atom stereocenters. The molecule has 0 saturated heterocycles. The number of hydrogen-bond donors (Lipinski definition) is 1. The van der Waals surface area contributed by atoms with Gasteiger partial charge in [-0.15, -0.1) is 11.3 Å². The molecule has 200 valence electrons. The summed E-state index contributed by atoms with van der Waals surface area (Å²) in [7, 11) is 1.77. The number of aromatic nitrogens is 1. The lowest BCUT2D eigenvalue weighted by molar-refractivity contribution is -0.270. The molecule has 3 aromatic rings. The van der Waals surface area contributed by atoms with Crippen molar-refractivity contribution in [3.63, 3.8) is 0 Å². The Morgan fingerprint density at radius 1 is 1.08 bits per heavy atom. The van der Waals surface area contributed by atoms with Crippen molar-refractivity contribution in [2.75, 3.05) is 20.1 Å². The highest BCUT2D eigenvalue weighted by molar-refractivity contribution is 7.09. The number of nitrogens with zero attached hydrogens (tertiary/aromatic N) is 5. The van der Waals surface area contributed by atoms with Crippen molar-refractivity contribution >= 4 is 41.2 Å². The fourth-order valence-electron chi connectivity index (χ4n) is 4.79. The molecule has 0 fully saturated rings. The van der Waals surface area contributed by atoms with Gasteiger partial charge in [0.15, 0.2) is 5.69 Å². The number of carbonyl (C=O) groups excluding carboxylic acids is 2. The van der Waals surface area contributed by atoms with E-state index >= 15 is 0 Å². The number of aliphatic hydroxyl groups is 1. The average molecular weight is 536 g/mol. The highest BCUT2D eigenvalue weighted by Crippen LogP contribution is 2.37.